The van der Waals surface area contributed by atoms with Gasteiger partial charge in [-0.2, -0.15) is 5.48 Å². The van der Waals surface area contributed by atoms with E-state index in [1.54, 1.807) is 0 Å². The van der Waals surface area contributed by atoms with E-state index in [0.29, 0.717) is 25.2 Å². The molecule has 1 aliphatic carbocycles. The average Bonchev–Trinajstić information content (AvgIpc) is 2.64. The standard InChI is InChI=1S/C12H23NO3/c1-9(2)10-8-12(15,16-13-10)11(14)6-4-3-5-7-11/h9-10,13-15H,3-8H2,1-2H3/t10-,12-/m1/s1. The highest BCUT2D eigenvalue weighted by atomic mass is 16.8. The molecule has 0 aromatic carbocycles. The molecular weight excluding hydrogens is 206 g/mol. The molecule has 2 rings (SSSR count). The Hall–Kier alpha value is -0.160. The molecule has 4 heteroatoms. The summed E-state index contributed by atoms with van der Waals surface area (Å²) in [5.41, 5.74) is 1.79. The van der Waals surface area contributed by atoms with Crippen LogP contribution in [0.4, 0.5) is 0 Å². The number of rotatable bonds is 2. The molecular formula is C12H23NO3. The second-order valence-electron chi connectivity index (χ2n) is 5.65. The molecule has 0 bridgehead atoms. The third-order valence-electron chi connectivity index (χ3n) is 4.09. The molecule has 2 atom stereocenters. The smallest absolute Gasteiger partial charge is 0.215 e. The van der Waals surface area contributed by atoms with Crippen LogP contribution in [0.5, 0.6) is 0 Å². The Morgan fingerprint density at radius 1 is 1.19 bits per heavy atom. The summed E-state index contributed by atoms with van der Waals surface area (Å²) in [6, 6.07) is 0.121. The number of hydrogen-bond donors (Lipinski definition) is 3. The summed E-state index contributed by atoms with van der Waals surface area (Å²) in [6.07, 6.45) is 4.82. The molecule has 2 fully saturated rings. The molecule has 2 aliphatic rings. The van der Waals surface area contributed by atoms with E-state index in [1.165, 1.54) is 0 Å². The van der Waals surface area contributed by atoms with Crippen LogP contribution in [0.1, 0.15) is 52.4 Å². The van der Waals surface area contributed by atoms with Crippen LogP contribution in [0.25, 0.3) is 0 Å². The lowest BCUT2D eigenvalue weighted by atomic mass is 9.76. The van der Waals surface area contributed by atoms with Gasteiger partial charge >= 0.3 is 0 Å². The van der Waals surface area contributed by atoms with E-state index in [2.05, 4.69) is 19.3 Å². The van der Waals surface area contributed by atoms with E-state index in [9.17, 15) is 10.2 Å². The predicted octanol–water partition coefficient (Wildman–Crippen LogP) is 1.32. The summed E-state index contributed by atoms with van der Waals surface area (Å²) in [4.78, 5) is 5.31. The minimum Gasteiger partial charge on any atom is -0.384 e. The monoisotopic (exact) mass is 229 g/mol. The molecule has 4 nitrogen and oxygen atoms in total. The molecule has 16 heavy (non-hydrogen) atoms. The molecule has 0 unspecified atom stereocenters. The zero-order chi connectivity index (χ0) is 11.8. The van der Waals surface area contributed by atoms with Crippen LogP contribution in [-0.4, -0.2) is 27.6 Å². The first-order valence-electron chi connectivity index (χ1n) is 6.35. The third-order valence-corrected chi connectivity index (χ3v) is 4.09. The van der Waals surface area contributed by atoms with Crippen LogP contribution in [0.3, 0.4) is 0 Å². The largest absolute Gasteiger partial charge is 0.384 e. The average molecular weight is 229 g/mol. The van der Waals surface area contributed by atoms with E-state index < -0.39 is 11.4 Å². The Morgan fingerprint density at radius 2 is 1.81 bits per heavy atom. The van der Waals surface area contributed by atoms with Gasteiger partial charge in [-0.1, -0.05) is 33.1 Å². The fourth-order valence-electron chi connectivity index (χ4n) is 2.74. The molecule has 0 radical (unpaired) electrons. The lowest BCUT2D eigenvalue weighted by Gasteiger charge is -2.41. The third kappa shape index (κ3) is 1.99. The molecule has 3 N–H and O–H groups in total. The van der Waals surface area contributed by atoms with Gasteiger partial charge in [-0.05, 0) is 18.8 Å². The molecule has 1 saturated carbocycles. The molecule has 94 valence electrons. The zero-order valence-electron chi connectivity index (χ0n) is 10.2. The van der Waals surface area contributed by atoms with Crippen LogP contribution in [-0.2, 0) is 4.84 Å². The maximum Gasteiger partial charge on any atom is 0.215 e. The van der Waals surface area contributed by atoms with E-state index >= 15 is 0 Å². The van der Waals surface area contributed by atoms with Crippen molar-refractivity contribution in [1.29, 1.82) is 0 Å². The molecule has 0 aromatic rings. The molecule has 1 aliphatic heterocycles. The fraction of sp³-hybridized carbons (Fsp3) is 1.00. The van der Waals surface area contributed by atoms with Gasteiger partial charge in [-0.15, -0.1) is 0 Å². The summed E-state index contributed by atoms with van der Waals surface area (Å²) in [5.74, 6) is -1.01. The van der Waals surface area contributed by atoms with Crippen molar-refractivity contribution in [3.8, 4) is 0 Å². The normalized spacial score (nSPS) is 39.2. The van der Waals surface area contributed by atoms with Gasteiger partial charge in [0, 0.05) is 12.5 Å². The Balaban J connectivity index is 2.07. The summed E-state index contributed by atoms with van der Waals surface area (Å²) < 4.78 is 0. The number of hydrogen-bond acceptors (Lipinski definition) is 4. The first-order chi connectivity index (χ1) is 7.47. The first-order valence-corrected chi connectivity index (χ1v) is 6.35. The van der Waals surface area contributed by atoms with Crippen molar-refractivity contribution in [1.82, 2.24) is 5.48 Å². The molecule has 0 amide bonds. The highest BCUT2D eigenvalue weighted by Crippen LogP contribution is 2.42. The van der Waals surface area contributed by atoms with Crippen LogP contribution < -0.4 is 5.48 Å². The summed E-state index contributed by atoms with van der Waals surface area (Å²) in [7, 11) is 0. The Bertz CT molecular complexity index is 251. The number of aliphatic hydroxyl groups is 2. The van der Waals surface area contributed by atoms with Crippen LogP contribution in [0, 0.1) is 5.92 Å². The van der Waals surface area contributed by atoms with E-state index in [0.717, 1.165) is 19.3 Å². The molecule has 1 saturated heterocycles. The fourth-order valence-corrected chi connectivity index (χ4v) is 2.74. The lowest BCUT2D eigenvalue weighted by Crippen LogP contribution is -2.55. The van der Waals surface area contributed by atoms with E-state index in [1.807, 2.05) is 0 Å². The zero-order valence-corrected chi connectivity index (χ0v) is 10.2. The second-order valence-corrected chi connectivity index (χ2v) is 5.65. The Kier molecular flexibility index (Phi) is 3.27. The summed E-state index contributed by atoms with van der Waals surface area (Å²) in [6.45, 7) is 4.16. The van der Waals surface area contributed by atoms with Crippen LogP contribution in [0.15, 0.2) is 0 Å². The van der Waals surface area contributed by atoms with Crippen molar-refractivity contribution < 1.29 is 15.1 Å². The number of nitrogens with one attached hydrogen (secondary N) is 1. The minimum absolute atomic E-state index is 0.121. The van der Waals surface area contributed by atoms with Crippen molar-refractivity contribution in [2.45, 2.75) is 69.8 Å². The van der Waals surface area contributed by atoms with Crippen molar-refractivity contribution >= 4 is 0 Å². The quantitative estimate of drug-likeness (QED) is 0.668. The van der Waals surface area contributed by atoms with Gasteiger partial charge in [0.1, 0.15) is 5.60 Å². The summed E-state index contributed by atoms with van der Waals surface area (Å²) >= 11 is 0. The Morgan fingerprint density at radius 3 is 2.31 bits per heavy atom. The van der Waals surface area contributed by atoms with Crippen molar-refractivity contribution in [2.24, 2.45) is 5.92 Å². The topological polar surface area (TPSA) is 61.7 Å². The highest BCUT2D eigenvalue weighted by Gasteiger charge is 2.55. The second kappa shape index (κ2) is 4.26. The predicted molar refractivity (Wildman–Crippen MR) is 60.4 cm³/mol. The molecule has 0 aromatic heterocycles. The van der Waals surface area contributed by atoms with Gasteiger partial charge in [-0.25, -0.2) is 0 Å². The van der Waals surface area contributed by atoms with Crippen molar-refractivity contribution in [3.63, 3.8) is 0 Å². The first kappa shape index (κ1) is 12.3. The Labute approximate surface area is 96.9 Å². The van der Waals surface area contributed by atoms with Crippen molar-refractivity contribution in [2.75, 3.05) is 0 Å². The van der Waals surface area contributed by atoms with Gasteiger partial charge in [0.25, 0.3) is 0 Å². The van der Waals surface area contributed by atoms with Gasteiger partial charge < -0.3 is 10.2 Å². The number of hydroxylamine groups is 1. The minimum atomic E-state index is -1.40. The van der Waals surface area contributed by atoms with E-state index in [4.69, 9.17) is 4.84 Å². The van der Waals surface area contributed by atoms with Crippen molar-refractivity contribution in [3.05, 3.63) is 0 Å². The SMILES string of the molecule is CC(C)[C@H]1C[C@](O)(C2(O)CCCCC2)ON1. The van der Waals surface area contributed by atoms with Crippen LogP contribution >= 0.6 is 0 Å². The highest BCUT2D eigenvalue weighted by molar-refractivity contribution is 4.99. The van der Waals surface area contributed by atoms with Gasteiger partial charge in [0.15, 0.2) is 0 Å². The van der Waals surface area contributed by atoms with Gasteiger partial charge in [0.2, 0.25) is 5.79 Å². The maximum absolute atomic E-state index is 10.5. The molecule has 1 heterocycles. The maximum atomic E-state index is 10.5. The van der Waals surface area contributed by atoms with E-state index in [-0.39, 0.29) is 6.04 Å². The van der Waals surface area contributed by atoms with Gasteiger partial charge in [0.05, 0.1) is 0 Å². The molecule has 0 spiro atoms. The summed E-state index contributed by atoms with van der Waals surface area (Å²) in [5, 5.41) is 21.0. The lowest BCUT2D eigenvalue weighted by molar-refractivity contribution is -0.303. The van der Waals surface area contributed by atoms with Crippen LogP contribution in [0.2, 0.25) is 0 Å². The van der Waals surface area contributed by atoms with Gasteiger partial charge in [-0.3, -0.25) is 4.84 Å².